The van der Waals surface area contributed by atoms with Gasteiger partial charge in [-0.25, -0.2) is 0 Å². The number of carbonyl (C=O) groups is 2. The third-order valence-electron chi connectivity index (χ3n) is 6.71. The Morgan fingerprint density at radius 1 is 0.917 bits per heavy atom. The molecule has 6 nitrogen and oxygen atoms in total. The van der Waals surface area contributed by atoms with Gasteiger partial charge in [0.05, 0.1) is 6.10 Å². The van der Waals surface area contributed by atoms with Crippen LogP contribution >= 0.6 is 11.3 Å². The molecule has 36 heavy (non-hydrogen) atoms. The van der Waals surface area contributed by atoms with E-state index in [1.54, 1.807) is 23.7 Å². The van der Waals surface area contributed by atoms with Crippen molar-refractivity contribution < 1.29 is 19.8 Å². The number of amides is 1. The standard InChI is InChI=1S/C29H26N2O4S/c32-25(23-15-21-3-1-2-4-22(21)16-23)26(33)27(34)29(35)31-17-18-5-7-20(8-6-18)28-24(11-14-36-28)19-9-12-30-13-10-19/h1-14,23,25-26,32-33H,15-17H2,(H,31,35)/t25?,26-/m0/s1. The number of rotatable bonds is 8. The van der Waals surface area contributed by atoms with Gasteiger partial charge in [0.1, 0.15) is 6.10 Å². The normalized spacial score (nSPS) is 14.7. The predicted octanol–water partition coefficient (Wildman–Crippen LogP) is 3.80. The monoisotopic (exact) mass is 498 g/mol. The molecule has 0 bridgehead atoms. The molecule has 0 spiro atoms. The fourth-order valence-electron chi connectivity index (χ4n) is 4.72. The minimum Gasteiger partial charge on any atom is -0.390 e. The van der Waals surface area contributed by atoms with E-state index >= 15 is 0 Å². The van der Waals surface area contributed by atoms with Crippen molar-refractivity contribution >= 4 is 23.0 Å². The predicted molar refractivity (Wildman–Crippen MR) is 139 cm³/mol. The Hall–Kier alpha value is -3.65. The fraction of sp³-hybridized carbons (Fsp3) is 0.207. The molecule has 1 amide bonds. The molecule has 1 aliphatic rings. The summed E-state index contributed by atoms with van der Waals surface area (Å²) in [7, 11) is 0. The number of Topliss-reactive ketones (excluding diaryl/α,β-unsaturated/α-hetero) is 1. The molecule has 0 saturated heterocycles. The first-order valence-corrected chi connectivity index (χ1v) is 12.7. The average molecular weight is 499 g/mol. The first-order valence-electron chi connectivity index (χ1n) is 11.8. The number of benzene rings is 2. The highest BCUT2D eigenvalue weighted by atomic mass is 32.1. The van der Waals surface area contributed by atoms with Gasteiger partial charge in [-0.15, -0.1) is 11.3 Å². The van der Waals surface area contributed by atoms with Crippen molar-refractivity contribution in [3.05, 3.63) is 101 Å². The second-order valence-electron chi connectivity index (χ2n) is 9.02. The summed E-state index contributed by atoms with van der Waals surface area (Å²) >= 11 is 1.65. The molecule has 1 aliphatic carbocycles. The highest BCUT2D eigenvalue weighted by Gasteiger charge is 2.37. The van der Waals surface area contributed by atoms with Crippen LogP contribution < -0.4 is 5.32 Å². The minimum absolute atomic E-state index is 0.143. The topological polar surface area (TPSA) is 99.5 Å². The molecule has 5 rings (SSSR count). The minimum atomic E-state index is -1.75. The summed E-state index contributed by atoms with van der Waals surface area (Å²) in [6, 6.07) is 21.6. The van der Waals surface area contributed by atoms with Gasteiger partial charge in [-0.05, 0) is 70.2 Å². The van der Waals surface area contributed by atoms with E-state index in [0.29, 0.717) is 12.8 Å². The van der Waals surface area contributed by atoms with Crippen LogP contribution in [-0.4, -0.2) is 39.1 Å². The van der Waals surface area contributed by atoms with E-state index in [4.69, 9.17) is 0 Å². The molecule has 0 radical (unpaired) electrons. The quantitative estimate of drug-likeness (QED) is 0.321. The van der Waals surface area contributed by atoms with Gasteiger partial charge in [0, 0.05) is 29.4 Å². The second kappa shape index (κ2) is 10.5. The molecule has 0 saturated carbocycles. The van der Waals surface area contributed by atoms with Crippen LogP contribution in [0.3, 0.4) is 0 Å². The lowest BCUT2D eigenvalue weighted by molar-refractivity contribution is -0.148. The van der Waals surface area contributed by atoms with Crippen LogP contribution in [0.2, 0.25) is 0 Å². The molecule has 2 atom stereocenters. The Morgan fingerprint density at radius 3 is 2.25 bits per heavy atom. The molecule has 182 valence electrons. The second-order valence-corrected chi connectivity index (χ2v) is 9.93. The van der Waals surface area contributed by atoms with Gasteiger partial charge in [0.2, 0.25) is 0 Å². The largest absolute Gasteiger partial charge is 0.390 e. The maximum atomic E-state index is 12.5. The zero-order valence-electron chi connectivity index (χ0n) is 19.5. The third-order valence-corrected chi connectivity index (χ3v) is 7.67. The van der Waals surface area contributed by atoms with E-state index in [0.717, 1.165) is 38.3 Å². The van der Waals surface area contributed by atoms with E-state index < -0.39 is 23.9 Å². The molecule has 0 aliphatic heterocycles. The van der Waals surface area contributed by atoms with Gasteiger partial charge >= 0.3 is 0 Å². The number of aliphatic hydroxyl groups excluding tert-OH is 2. The molecule has 3 N–H and O–H groups in total. The van der Waals surface area contributed by atoms with Crippen molar-refractivity contribution in [1.82, 2.24) is 10.3 Å². The first-order chi connectivity index (χ1) is 17.5. The van der Waals surface area contributed by atoms with E-state index in [9.17, 15) is 19.8 Å². The van der Waals surface area contributed by atoms with Crippen molar-refractivity contribution in [3.8, 4) is 21.6 Å². The molecule has 2 heterocycles. The van der Waals surface area contributed by atoms with E-state index in [-0.39, 0.29) is 12.5 Å². The fourth-order valence-corrected chi connectivity index (χ4v) is 5.64. The number of thiophene rings is 1. The number of hydrogen-bond acceptors (Lipinski definition) is 6. The van der Waals surface area contributed by atoms with Crippen LogP contribution in [0.25, 0.3) is 21.6 Å². The lowest BCUT2D eigenvalue weighted by Gasteiger charge is -2.22. The summed E-state index contributed by atoms with van der Waals surface area (Å²) in [5.74, 6) is -2.22. The zero-order chi connectivity index (χ0) is 25.1. The summed E-state index contributed by atoms with van der Waals surface area (Å²) in [5.41, 5.74) is 6.31. The first kappa shape index (κ1) is 24.1. The van der Waals surface area contributed by atoms with Crippen molar-refractivity contribution in [2.24, 2.45) is 5.92 Å². The number of fused-ring (bicyclic) bond motifs is 1. The van der Waals surface area contributed by atoms with Gasteiger partial charge in [-0.1, -0.05) is 48.5 Å². The summed E-state index contributed by atoms with van der Waals surface area (Å²) in [4.78, 5) is 30.1. The third kappa shape index (κ3) is 4.99. The number of nitrogens with one attached hydrogen (secondary N) is 1. The Kier molecular flexibility index (Phi) is 7.04. The number of aliphatic hydroxyl groups is 2. The van der Waals surface area contributed by atoms with Crippen LogP contribution in [0.15, 0.2) is 84.5 Å². The number of aromatic nitrogens is 1. The SMILES string of the molecule is O=C(NCc1ccc(-c2sccc2-c2ccncc2)cc1)C(=O)[C@@H](O)C(O)C1Cc2ccccc2C1. The molecule has 4 aromatic rings. The van der Waals surface area contributed by atoms with Gasteiger partial charge in [-0.3, -0.25) is 14.6 Å². The number of ketones is 1. The molecule has 2 aromatic carbocycles. The Morgan fingerprint density at radius 2 is 1.58 bits per heavy atom. The van der Waals surface area contributed by atoms with Crippen LogP contribution in [0, 0.1) is 5.92 Å². The maximum absolute atomic E-state index is 12.5. The number of carbonyl (C=O) groups excluding carboxylic acids is 2. The highest BCUT2D eigenvalue weighted by Crippen LogP contribution is 2.36. The maximum Gasteiger partial charge on any atom is 0.290 e. The van der Waals surface area contributed by atoms with E-state index in [2.05, 4.69) is 21.7 Å². The van der Waals surface area contributed by atoms with E-state index in [1.165, 1.54) is 0 Å². The lowest BCUT2D eigenvalue weighted by atomic mass is 9.92. The van der Waals surface area contributed by atoms with Crippen molar-refractivity contribution in [2.45, 2.75) is 31.6 Å². The zero-order valence-corrected chi connectivity index (χ0v) is 20.3. The molecular formula is C29H26N2O4S. The Balaban J connectivity index is 1.17. The smallest absolute Gasteiger partial charge is 0.290 e. The van der Waals surface area contributed by atoms with Crippen LogP contribution in [0.1, 0.15) is 16.7 Å². The summed E-state index contributed by atoms with van der Waals surface area (Å²) in [6.07, 6.45) is 1.64. The summed E-state index contributed by atoms with van der Waals surface area (Å²) in [6.45, 7) is 0.143. The Bertz CT molecular complexity index is 1340. The van der Waals surface area contributed by atoms with Gasteiger partial charge < -0.3 is 15.5 Å². The van der Waals surface area contributed by atoms with Crippen molar-refractivity contribution in [3.63, 3.8) is 0 Å². The lowest BCUT2D eigenvalue weighted by Crippen LogP contribution is -2.46. The van der Waals surface area contributed by atoms with Crippen LogP contribution in [0.5, 0.6) is 0 Å². The number of nitrogens with zero attached hydrogens (tertiary/aromatic N) is 1. The van der Waals surface area contributed by atoms with Gasteiger partial charge in [0.25, 0.3) is 11.7 Å². The summed E-state index contributed by atoms with van der Waals surface area (Å²) < 4.78 is 0. The molecule has 2 aromatic heterocycles. The van der Waals surface area contributed by atoms with Crippen molar-refractivity contribution in [2.75, 3.05) is 0 Å². The molecular weight excluding hydrogens is 472 g/mol. The average Bonchev–Trinajstić information content (AvgIpc) is 3.59. The van der Waals surface area contributed by atoms with Crippen LogP contribution in [-0.2, 0) is 29.0 Å². The highest BCUT2D eigenvalue weighted by molar-refractivity contribution is 7.14. The van der Waals surface area contributed by atoms with E-state index in [1.807, 2.05) is 60.7 Å². The van der Waals surface area contributed by atoms with Crippen LogP contribution in [0.4, 0.5) is 0 Å². The molecule has 1 unspecified atom stereocenters. The number of pyridine rings is 1. The molecule has 7 heteroatoms. The number of hydrogen-bond donors (Lipinski definition) is 3. The van der Waals surface area contributed by atoms with Gasteiger partial charge in [-0.2, -0.15) is 0 Å². The Labute approximate surface area is 213 Å². The molecule has 0 fully saturated rings. The summed E-state index contributed by atoms with van der Waals surface area (Å²) in [5, 5.41) is 25.6. The van der Waals surface area contributed by atoms with Gasteiger partial charge in [0.15, 0.2) is 0 Å². The van der Waals surface area contributed by atoms with Crippen molar-refractivity contribution in [1.29, 1.82) is 0 Å².